The largest absolute Gasteiger partial charge is 0.481 e. The van der Waals surface area contributed by atoms with E-state index >= 15 is 0 Å². The number of hydrogen-bond donors (Lipinski definition) is 2. The van der Waals surface area contributed by atoms with E-state index in [-0.39, 0.29) is 24.2 Å². The van der Waals surface area contributed by atoms with Gasteiger partial charge in [0.05, 0.1) is 12.3 Å². The van der Waals surface area contributed by atoms with Gasteiger partial charge in [-0.15, -0.1) is 0 Å². The van der Waals surface area contributed by atoms with Crippen molar-refractivity contribution < 1.29 is 14.7 Å². The molecule has 0 aliphatic heterocycles. The highest BCUT2D eigenvalue weighted by Crippen LogP contribution is 2.46. The number of aliphatic carboxylic acids is 1. The SMILES string of the molecule is Cc1cncc(-c2ccc([C@H](C(=O)Nc3cccc([C@H](CC(=O)O)C4CC4)c3C)C3CCCC3)cc2)c1. The first kappa shape index (κ1) is 25.2. The van der Waals surface area contributed by atoms with Crippen LogP contribution >= 0.6 is 0 Å². The van der Waals surface area contributed by atoms with E-state index in [1.165, 1.54) is 0 Å². The quantitative estimate of drug-likeness (QED) is 0.327. The molecule has 37 heavy (non-hydrogen) atoms. The summed E-state index contributed by atoms with van der Waals surface area (Å²) < 4.78 is 0. The molecule has 3 aromatic rings. The van der Waals surface area contributed by atoms with Crippen molar-refractivity contribution in [3.8, 4) is 11.1 Å². The number of nitrogens with zero attached hydrogens (tertiary/aromatic N) is 1. The van der Waals surface area contributed by atoms with Crippen LogP contribution in [-0.2, 0) is 9.59 Å². The summed E-state index contributed by atoms with van der Waals surface area (Å²) >= 11 is 0. The second kappa shape index (κ2) is 10.9. The van der Waals surface area contributed by atoms with Crippen LogP contribution in [0.4, 0.5) is 5.69 Å². The van der Waals surface area contributed by atoms with Crippen LogP contribution in [0.2, 0.25) is 0 Å². The van der Waals surface area contributed by atoms with E-state index in [1.54, 1.807) is 0 Å². The van der Waals surface area contributed by atoms with Gasteiger partial charge < -0.3 is 10.4 Å². The van der Waals surface area contributed by atoms with Crippen molar-refractivity contribution in [2.45, 2.75) is 70.6 Å². The zero-order chi connectivity index (χ0) is 25.9. The second-order valence-corrected chi connectivity index (χ2v) is 10.9. The first-order valence-corrected chi connectivity index (χ1v) is 13.5. The molecule has 2 aromatic carbocycles. The smallest absolute Gasteiger partial charge is 0.303 e. The Balaban J connectivity index is 1.40. The minimum Gasteiger partial charge on any atom is -0.481 e. The monoisotopic (exact) mass is 496 g/mol. The third-order valence-corrected chi connectivity index (χ3v) is 8.25. The Hall–Kier alpha value is -3.47. The lowest BCUT2D eigenvalue weighted by Crippen LogP contribution is -2.27. The molecule has 0 spiro atoms. The van der Waals surface area contributed by atoms with Gasteiger partial charge in [0.25, 0.3) is 0 Å². The molecular weight excluding hydrogens is 460 g/mol. The Morgan fingerprint density at radius 1 is 0.946 bits per heavy atom. The molecule has 192 valence electrons. The molecule has 2 aliphatic carbocycles. The number of carboxylic acids is 1. The number of carbonyl (C=O) groups excluding carboxylic acids is 1. The molecule has 5 heteroatoms. The normalized spacial score (nSPS) is 17.4. The summed E-state index contributed by atoms with van der Waals surface area (Å²) in [6.45, 7) is 4.05. The molecule has 2 atom stereocenters. The predicted molar refractivity (Wildman–Crippen MR) is 147 cm³/mol. The van der Waals surface area contributed by atoms with Crippen LogP contribution in [0.15, 0.2) is 60.9 Å². The van der Waals surface area contributed by atoms with E-state index < -0.39 is 5.97 Å². The number of carbonyl (C=O) groups is 2. The highest BCUT2D eigenvalue weighted by molar-refractivity contribution is 5.97. The molecule has 0 radical (unpaired) electrons. The molecule has 0 unspecified atom stereocenters. The van der Waals surface area contributed by atoms with Crippen molar-refractivity contribution in [1.29, 1.82) is 0 Å². The Morgan fingerprint density at radius 2 is 1.68 bits per heavy atom. The fraction of sp³-hybridized carbons (Fsp3) is 0.406. The summed E-state index contributed by atoms with van der Waals surface area (Å²) in [6, 6.07) is 16.4. The minimum atomic E-state index is -0.767. The molecule has 0 saturated heterocycles. The fourth-order valence-electron chi connectivity index (χ4n) is 6.14. The molecule has 2 fully saturated rings. The predicted octanol–water partition coefficient (Wildman–Crippen LogP) is 7.25. The third-order valence-electron chi connectivity index (χ3n) is 8.25. The van der Waals surface area contributed by atoms with Crippen LogP contribution in [0.5, 0.6) is 0 Å². The molecule has 2 saturated carbocycles. The van der Waals surface area contributed by atoms with Gasteiger partial charge in [0.15, 0.2) is 0 Å². The van der Waals surface area contributed by atoms with Crippen LogP contribution < -0.4 is 5.32 Å². The Labute approximate surface area is 219 Å². The maximum absolute atomic E-state index is 13.8. The average Bonchev–Trinajstić information content (AvgIpc) is 3.59. The van der Waals surface area contributed by atoms with Gasteiger partial charge in [-0.3, -0.25) is 14.6 Å². The summed E-state index contributed by atoms with van der Waals surface area (Å²) in [6.07, 6.45) is 10.5. The number of hydrogen-bond acceptors (Lipinski definition) is 3. The molecule has 2 N–H and O–H groups in total. The number of rotatable bonds is 9. The summed E-state index contributed by atoms with van der Waals surface area (Å²) in [5.41, 5.74) is 7.17. The van der Waals surface area contributed by atoms with Gasteiger partial charge in [0.1, 0.15) is 0 Å². The minimum absolute atomic E-state index is 0.00337. The van der Waals surface area contributed by atoms with E-state index in [2.05, 4.69) is 40.6 Å². The van der Waals surface area contributed by atoms with Crippen LogP contribution in [0.25, 0.3) is 11.1 Å². The fourth-order valence-corrected chi connectivity index (χ4v) is 6.14. The highest BCUT2D eigenvalue weighted by atomic mass is 16.4. The van der Waals surface area contributed by atoms with Gasteiger partial charge in [-0.05, 0) is 97.2 Å². The number of aromatic nitrogens is 1. The number of carboxylic acid groups (broad SMARTS) is 1. The standard InChI is InChI=1S/C32H36N2O3/c1-20-16-26(19-33-18-20)22-10-14-25(15-11-22)31(24-6-3-4-7-24)32(37)34-29-9-5-8-27(21(29)2)28(17-30(35)36)23-12-13-23/h5,8-11,14-16,18-19,23-24,28,31H,3-4,6-7,12-13,17H2,1-2H3,(H,34,37)(H,35,36)/t28-,31-/m1/s1. The molecule has 1 amide bonds. The van der Waals surface area contributed by atoms with Crippen molar-refractivity contribution in [2.75, 3.05) is 5.32 Å². The summed E-state index contributed by atoms with van der Waals surface area (Å²) in [4.78, 5) is 29.7. The average molecular weight is 497 g/mol. The van der Waals surface area contributed by atoms with Gasteiger partial charge in [-0.1, -0.05) is 49.2 Å². The van der Waals surface area contributed by atoms with E-state index in [4.69, 9.17) is 0 Å². The molecule has 5 rings (SSSR count). The van der Waals surface area contributed by atoms with Gasteiger partial charge in [-0.2, -0.15) is 0 Å². The lowest BCUT2D eigenvalue weighted by molar-refractivity contribution is -0.137. The summed E-state index contributed by atoms with van der Waals surface area (Å²) in [5.74, 6) is -0.206. The van der Waals surface area contributed by atoms with E-state index in [0.29, 0.717) is 11.8 Å². The van der Waals surface area contributed by atoms with Crippen LogP contribution in [-0.4, -0.2) is 22.0 Å². The van der Waals surface area contributed by atoms with Crippen LogP contribution in [0.3, 0.4) is 0 Å². The van der Waals surface area contributed by atoms with Crippen molar-refractivity contribution in [1.82, 2.24) is 4.98 Å². The Kier molecular flexibility index (Phi) is 7.40. The van der Waals surface area contributed by atoms with Crippen LogP contribution in [0, 0.1) is 25.7 Å². The molecule has 5 nitrogen and oxygen atoms in total. The molecular formula is C32H36N2O3. The second-order valence-electron chi connectivity index (χ2n) is 10.9. The van der Waals surface area contributed by atoms with E-state index in [0.717, 1.165) is 77.6 Å². The lowest BCUT2D eigenvalue weighted by atomic mass is 9.83. The molecule has 1 heterocycles. The van der Waals surface area contributed by atoms with E-state index in [1.807, 2.05) is 44.4 Å². The van der Waals surface area contributed by atoms with Crippen molar-refractivity contribution >= 4 is 17.6 Å². The number of nitrogens with one attached hydrogen (secondary N) is 1. The Bertz CT molecular complexity index is 1270. The maximum Gasteiger partial charge on any atom is 0.303 e. The van der Waals surface area contributed by atoms with Crippen molar-refractivity contribution in [3.63, 3.8) is 0 Å². The van der Waals surface area contributed by atoms with Crippen LogP contribution in [0.1, 0.15) is 79.0 Å². The van der Waals surface area contributed by atoms with E-state index in [9.17, 15) is 14.7 Å². The summed E-state index contributed by atoms with van der Waals surface area (Å²) in [5, 5.41) is 12.7. The first-order valence-electron chi connectivity index (χ1n) is 13.5. The molecule has 2 aliphatic rings. The summed E-state index contributed by atoms with van der Waals surface area (Å²) in [7, 11) is 0. The molecule has 1 aromatic heterocycles. The first-order chi connectivity index (χ1) is 17.9. The highest BCUT2D eigenvalue weighted by Gasteiger charge is 2.36. The number of benzene rings is 2. The number of amides is 1. The van der Waals surface area contributed by atoms with Crippen molar-refractivity contribution in [2.24, 2.45) is 11.8 Å². The van der Waals surface area contributed by atoms with Gasteiger partial charge >= 0.3 is 5.97 Å². The topological polar surface area (TPSA) is 79.3 Å². The number of anilines is 1. The Morgan fingerprint density at radius 3 is 2.32 bits per heavy atom. The number of pyridine rings is 1. The molecule has 0 bridgehead atoms. The zero-order valence-electron chi connectivity index (χ0n) is 21.7. The van der Waals surface area contributed by atoms with Crippen molar-refractivity contribution in [3.05, 3.63) is 83.2 Å². The third kappa shape index (κ3) is 5.76. The zero-order valence-corrected chi connectivity index (χ0v) is 21.7. The van der Waals surface area contributed by atoms with Gasteiger partial charge in [-0.25, -0.2) is 0 Å². The maximum atomic E-state index is 13.8. The van der Waals surface area contributed by atoms with Gasteiger partial charge in [0, 0.05) is 23.6 Å². The lowest BCUT2D eigenvalue weighted by Gasteiger charge is -2.25. The number of aryl methyl sites for hydroxylation is 1. The van der Waals surface area contributed by atoms with Gasteiger partial charge in [0.2, 0.25) is 5.91 Å².